The average molecular weight is 410 g/mol. The lowest BCUT2D eigenvalue weighted by Gasteiger charge is -2.26. The highest BCUT2D eigenvalue weighted by atomic mass is 32.2. The van der Waals surface area contributed by atoms with Gasteiger partial charge < -0.3 is 9.47 Å². The van der Waals surface area contributed by atoms with Crippen molar-refractivity contribution in [2.75, 3.05) is 17.5 Å². The summed E-state index contributed by atoms with van der Waals surface area (Å²) in [6.07, 6.45) is 0.721. The molecule has 5 nitrogen and oxygen atoms in total. The maximum atomic E-state index is 13.8. The average Bonchev–Trinajstić information content (AvgIpc) is 3.58. The fourth-order valence-corrected chi connectivity index (χ4v) is 4.95. The van der Waals surface area contributed by atoms with Gasteiger partial charge in [-0.15, -0.1) is 0 Å². The summed E-state index contributed by atoms with van der Waals surface area (Å²) in [6, 6.07) is 23.4. The summed E-state index contributed by atoms with van der Waals surface area (Å²) in [5.41, 5.74) is 1.90. The van der Waals surface area contributed by atoms with Gasteiger partial charge in [-0.25, -0.2) is 12.7 Å². The fraction of sp³-hybridized carbons (Fsp3) is 0.217. The summed E-state index contributed by atoms with van der Waals surface area (Å²) in [5.74, 6) is 0.655. The monoisotopic (exact) mass is 409 g/mol. The normalized spacial score (nSPS) is 15.7. The van der Waals surface area contributed by atoms with Crippen molar-refractivity contribution in [3.05, 3.63) is 84.4 Å². The molecule has 0 aliphatic carbocycles. The molecular weight excluding hydrogens is 386 g/mol. The van der Waals surface area contributed by atoms with E-state index in [4.69, 9.17) is 9.47 Å². The molecule has 1 atom stereocenters. The molecule has 0 amide bonds. The molecule has 0 radical (unpaired) electrons. The number of benzene rings is 3. The highest BCUT2D eigenvalue weighted by Gasteiger charge is 2.29. The Balaban J connectivity index is 1.76. The number of rotatable bonds is 8. The van der Waals surface area contributed by atoms with Gasteiger partial charge in [-0.3, -0.25) is 0 Å². The molecule has 6 heteroatoms. The zero-order valence-electron chi connectivity index (χ0n) is 16.2. The van der Waals surface area contributed by atoms with Crippen molar-refractivity contribution in [3.8, 4) is 5.75 Å². The van der Waals surface area contributed by atoms with Gasteiger partial charge in [0.1, 0.15) is 18.5 Å². The minimum atomic E-state index is -3.83. The van der Waals surface area contributed by atoms with E-state index in [1.54, 1.807) is 36.4 Å². The van der Waals surface area contributed by atoms with Crippen LogP contribution in [0.2, 0.25) is 0 Å². The number of sulfonamides is 1. The predicted molar refractivity (Wildman–Crippen MR) is 113 cm³/mol. The lowest BCUT2D eigenvalue weighted by molar-refractivity contribution is 0.262. The van der Waals surface area contributed by atoms with Crippen LogP contribution in [0, 0.1) is 0 Å². The Bertz CT molecular complexity index is 1030. The lowest BCUT2D eigenvalue weighted by Crippen LogP contribution is -2.27. The van der Waals surface area contributed by atoms with Crippen molar-refractivity contribution in [1.82, 2.24) is 0 Å². The van der Waals surface area contributed by atoms with Gasteiger partial charge in [0.25, 0.3) is 10.0 Å². The van der Waals surface area contributed by atoms with Crippen LogP contribution in [0.25, 0.3) is 0 Å². The lowest BCUT2D eigenvalue weighted by atomic mass is 10.1. The molecule has 1 aliphatic rings. The Hall–Kier alpha value is -2.83. The summed E-state index contributed by atoms with van der Waals surface area (Å²) < 4.78 is 39.8. The van der Waals surface area contributed by atoms with E-state index >= 15 is 0 Å². The molecule has 0 spiro atoms. The maximum absolute atomic E-state index is 13.8. The second-order valence-electron chi connectivity index (χ2n) is 6.83. The molecule has 1 fully saturated rings. The molecule has 150 valence electrons. The van der Waals surface area contributed by atoms with Crippen molar-refractivity contribution in [2.24, 2.45) is 0 Å². The van der Waals surface area contributed by atoms with Gasteiger partial charge in [0.05, 0.1) is 22.9 Å². The smallest absolute Gasteiger partial charge is 0.268 e. The van der Waals surface area contributed by atoms with Crippen molar-refractivity contribution < 1.29 is 17.9 Å². The van der Waals surface area contributed by atoms with Crippen LogP contribution in [0.4, 0.5) is 11.4 Å². The standard InChI is InChI=1S/C23H23NO4S/c1-2-18-15-21(27-16-22-17-28-22)13-14-23(18)29(25,26)24(19-9-5-3-6-10-19)20-11-7-4-8-12-20/h3-15,22H,2,16-17H2,1H3. The molecule has 29 heavy (non-hydrogen) atoms. The first-order valence-electron chi connectivity index (χ1n) is 9.62. The van der Waals surface area contributed by atoms with Gasteiger partial charge in [-0.1, -0.05) is 43.3 Å². The van der Waals surface area contributed by atoms with Gasteiger partial charge in [0.2, 0.25) is 0 Å². The molecular formula is C23H23NO4S. The van der Waals surface area contributed by atoms with Gasteiger partial charge in [0.15, 0.2) is 0 Å². The first-order valence-corrected chi connectivity index (χ1v) is 11.1. The van der Waals surface area contributed by atoms with E-state index in [0.717, 1.165) is 12.2 Å². The molecule has 0 bridgehead atoms. The Morgan fingerprint density at radius 1 is 0.966 bits per heavy atom. The Labute approximate surface area is 171 Å². The number of anilines is 2. The Morgan fingerprint density at radius 2 is 1.55 bits per heavy atom. The van der Waals surface area contributed by atoms with E-state index in [1.165, 1.54) is 4.31 Å². The molecule has 0 aromatic heterocycles. The van der Waals surface area contributed by atoms with Crippen molar-refractivity contribution >= 4 is 21.4 Å². The second kappa shape index (κ2) is 8.27. The van der Waals surface area contributed by atoms with Gasteiger partial charge >= 0.3 is 0 Å². The van der Waals surface area contributed by atoms with Gasteiger partial charge in [-0.05, 0) is 54.4 Å². The molecule has 4 rings (SSSR count). The number of hydrogen-bond acceptors (Lipinski definition) is 4. The minimum Gasteiger partial charge on any atom is -0.491 e. The molecule has 3 aromatic carbocycles. The highest BCUT2D eigenvalue weighted by Crippen LogP contribution is 2.34. The number of nitrogens with zero attached hydrogens (tertiary/aromatic N) is 1. The zero-order chi connectivity index (χ0) is 20.3. The van der Waals surface area contributed by atoms with Crippen LogP contribution in [0.3, 0.4) is 0 Å². The van der Waals surface area contributed by atoms with Crippen LogP contribution in [0.1, 0.15) is 12.5 Å². The molecule has 0 N–H and O–H groups in total. The maximum Gasteiger partial charge on any atom is 0.268 e. The molecule has 1 saturated heterocycles. The summed E-state index contributed by atoms with van der Waals surface area (Å²) in [6.45, 7) is 3.14. The first-order chi connectivity index (χ1) is 14.1. The van der Waals surface area contributed by atoms with E-state index in [1.807, 2.05) is 49.4 Å². The Morgan fingerprint density at radius 3 is 2.07 bits per heavy atom. The topological polar surface area (TPSA) is 59.1 Å². The van der Waals surface area contributed by atoms with Crippen LogP contribution in [-0.4, -0.2) is 27.7 Å². The van der Waals surface area contributed by atoms with Crippen LogP contribution in [0.15, 0.2) is 83.8 Å². The summed E-state index contributed by atoms with van der Waals surface area (Å²) in [5, 5.41) is 0. The van der Waals surface area contributed by atoms with Crippen LogP contribution in [0.5, 0.6) is 5.75 Å². The third kappa shape index (κ3) is 4.28. The molecule has 0 saturated carbocycles. The predicted octanol–water partition coefficient (Wildman–Crippen LogP) is 4.55. The van der Waals surface area contributed by atoms with Crippen LogP contribution < -0.4 is 9.04 Å². The fourth-order valence-electron chi connectivity index (χ4n) is 3.18. The second-order valence-corrected chi connectivity index (χ2v) is 8.59. The van der Waals surface area contributed by atoms with Gasteiger partial charge in [0, 0.05) is 0 Å². The summed E-state index contributed by atoms with van der Waals surface area (Å²) in [4.78, 5) is 0.280. The molecule has 3 aromatic rings. The zero-order valence-corrected chi connectivity index (χ0v) is 17.0. The van der Waals surface area contributed by atoms with E-state index in [-0.39, 0.29) is 11.0 Å². The van der Waals surface area contributed by atoms with Crippen molar-refractivity contribution in [1.29, 1.82) is 0 Å². The minimum absolute atomic E-state index is 0.148. The quantitative estimate of drug-likeness (QED) is 0.512. The van der Waals surface area contributed by atoms with Crippen molar-refractivity contribution in [2.45, 2.75) is 24.3 Å². The SMILES string of the molecule is CCc1cc(OCC2CO2)ccc1S(=O)(=O)N(c1ccccc1)c1ccccc1. The van der Waals surface area contributed by atoms with E-state index < -0.39 is 10.0 Å². The summed E-state index contributed by atoms with van der Waals surface area (Å²) in [7, 11) is -3.83. The third-order valence-corrected chi connectivity index (χ3v) is 6.61. The van der Waals surface area contributed by atoms with E-state index in [2.05, 4.69) is 0 Å². The highest BCUT2D eigenvalue weighted by molar-refractivity contribution is 7.93. The largest absolute Gasteiger partial charge is 0.491 e. The molecule has 1 heterocycles. The van der Waals surface area contributed by atoms with Crippen LogP contribution in [-0.2, 0) is 21.2 Å². The molecule has 1 aliphatic heterocycles. The number of aryl methyl sites for hydroxylation is 1. The Kier molecular flexibility index (Phi) is 5.56. The number of para-hydroxylation sites is 2. The molecule has 1 unspecified atom stereocenters. The van der Waals surface area contributed by atoms with Crippen molar-refractivity contribution in [3.63, 3.8) is 0 Å². The number of hydrogen-bond donors (Lipinski definition) is 0. The first kappa shape index (κ1) is 19.5. The number of epoxide rings is 1. The number of ether oxygens (including phenoxy) is 2. The third-order valence-electron chi connectivity index (χ3n) is 4.75. The summed E-state index contributed by atoms with van der Waals surface area (Å²) >= 11 is 0. The van der Waals surface area contributed by atoms with E-state index in [0.29, 0.717) is 30.2 Å². The van der Waals surface area contributed by atoms with Gasteiger partial charge in [-0.2, -0.15) is 0 Å². The van der Waals surface area contributed by atoms with Crippen LogP contribution >= 0.6 is 0 Å². The van der Waals surface area contributed by atoms with E-state index in [9.17, 15) is 8.42 Å².